The van der Waals surface area contributed by atoms with Crippen LogP contribution in [0.1, 0.15) is 77.7 Å². The predicted molar refractivity (Wildman–Crippen MR) is 121 cm³/mol. The highest BCUT2D eigenvalue weighted by Gasteiger charge is 2.59. The number of carbonyl (C=O) groups is 1. The summed E-state index contributed by atoms with van der Waals surface area (Å²) in [5.41, 5.74) is 2.18. The van der Waals surface area contributed by atoms with E-state index in [9.17, 15) is 9.90 Å². The maximum atomic E-state index is 13.3. The Labute approximate surface area is 186 Å². The third-order valence-electron chi connectivity index (χ3n) is 9.82. The zero-order valence-corrected chi connectivity index (χ0v) is 19.2. The summed E-state index contributed by atoms with van der Waals surface area (Å²) >= 11 is 0. The van der Waals surface area contributed by atoms with Crippen molar-refractivity contribution in [1.29, 1.82) is 0 Å². The molecule has 4 nitrogen and oxygen atoms in total. The number of ketones is 1. The van der Waals surface area contributed by atoms with E-state index in [4.69, 9.17) is 6.42 Å². The molecule has 3 saturated carbocycles. The molecular weight excluding hydrogens is 384 g/mol. The highest BCUT2D eigenvalue weighted by Crippen LogP contribution is 2.66. The van der Waals surface area contributed by atoms with Gasteiger partial charge < -0.3 is 5.11 Å². The van der Waals surface area contributed by atoms with Crippen LogP contribution in [0.2, 0.25) is 0 Å². The number of terminal acetylenes is 1. The quantitative estimate of drug-likeness (QED) is 0.566. The molecule has 5 rings (SSSR count). The lowest BCUT2D eigenvalue weighted by atomic mass is 9.47. The van der Waals surface area contributed by atoms with Crippen molar-refractivity contribution >= 4 is 5.78 Å². The van der Waals surface area contributed by atoms with Crippen molar-refractivity contribution in [2.24, 2.45) is 34.5 Å². The molecule has 0 spiro atoms. The fourth-order valence-corrected chi connectivity index (χ4v) is 8.03. The van der Waals surface area contributed by atoms with Gasteiger partial charge >= 0.3 is 0 Å². The molecule has 0 bridgehead atoms. The zero-order chi connectivity index (χ0) is 22.0. The van der Waals surface area contributed by atoms with E-state index in [-0.39, 0.29) is 16.7 Å². The first-order chi connectivity index (χ1) is 14.7. The largest absolute Gasteiger partial charge is 0.390 e. The molecule has 0 radical (unpaired) electrons. The second kappa shape index (κ2) is 7.07. The maximum absolute atomic E-state index is 13.3. The number of aliphatic hydroxyl groups is 1. The van der Waals surface area contributed by atoms with E-state index >= 15 is 0 Å². The van der Waals surface area contributed by atoms with Crippen molar-refractivity contribution in [3.05, 3.63) is 29.6 Å². The number of hydrogen-bond donors (Lipinski definition) is 1. The van der Waals surface area contributed by atoms with Gasteiger partial charge in [0.15, 0.2) is 5.78 Å². The Morgan fingerprint density at radius 1 is 1.26 bits per heavy atom. The second-order valence-electron chi connectivity index (χ2n) is 11.6. The van der Waals surface area contributed by atoms with Crippen LogP contribution in [0.4, 0.5) is 0 Å². The van der Waals surface area contributed by atoms with Crippen molar-refractivity contribution in [2.75, 3.05) is 0 Å². The highest BCUT2D eigenvalue weighted by molar-refractivity contribution is 5.82. The van der Waals surface area contributed by atoms with Gasteiger partial charge in [-0.3, -0.25) is 9.48 Å². The third-order valence-corrected chi connectivity index (χ3v) is 9.82. The Hall–Kier alpha value is -1.86. The maximum Gasteiger partial charge on any atom is 0.157 e. The molecular formula is C27H36N2O2. The Bertz CT molecular complexity index is 966. The molecule has 0 unspecified atom stereocenters. The topological polar surface area (TPSA) is 55.1 Å². The van der Waals surface area contributed by atoms with Gasteiger partial charge in [0.2, 0.25) is 0 Å². The summed E-state index contributed by atoms with van der Waals surface area (Å²) in [6.07, 6.45) is 19.9. The Morgan fingerprint density at radius 2 is 2.06 bits per heavy atom. The average Bonchev–Trinajstić information content (AvgIpc) is 3.31. The number of Topliss-reactive ketones (excluding diaryl/α,β-unsaturated/α-hetero) is 1. The molecule has 1 aromatic heterocycles. The van der Waals surface area contributed by atoms with E-state index in [0.717, 1.165) is 44.1 Å². The molecule has 0 saturated heterocycles. The van der Waals surface area contributed by atoms with Crippen LogP contribution < -0.4 is 0 Å². The van der Waals surface area contributed by atoms with Gasteiger partial charge in [-0.05, 0) is 86.9 Å². The van der Waals surface area contributed by atoms with Crippen molar-refractivity contribution in [1.82, 2.24) is 9.78 Å². The van der Waals surface area contributed by atoms with Crippen molar-refractivity contribution < 1.29 is 9.90 Å². The summed E-state index contributed by atoms with van der Waals surface area (Å²) in [4.78, 5) is 13.3. The van der Waals surface area contributed by atoms with Gasteiger partial charge in [-0.15, -0.1) is 6.42 Å². The van der Waals surface area contributed by atoms with E-state index < -0.39 is 5.60 Å². The number of nitrogens with zero attached hydrogens (tertiary/aromatic N) is 2. The van der Waals surface area contributed by atoms with Crippen LogP contribution in [0.25, 0.3) is 0 Å². The lowest BCUT2D eigenvalue weighted by molar-refractivity contribution is -0.128. The van der Waals surface area contributed by atoms with Crippen molar-refractivity contribution in [3.8, 4) is 12.3 Å². The lowest BCUT2D eigenvalue weighted by Gasteiger charge is -2.58. The van der Waals surface area contributed by atoms with Gasteiger partial charge in [0.25, 0.3) is 0 Å². The summed E-state index contributed by atoms with van der Waals surface area (Å²) in [6, 6.07) is 0. The molecule has 1 aromatic rings. The molecule has 7 atom stereocenters. The Morgan fingerprint density at radius 3 is 2.81 bits per heavy atom. The van der Waals surface area contributed by atoms with Crippen LogP contribution >= 0.6 is 0 Å². The lowest BCUT2D eigenvalue weighted by Crippen LogP contribution is -2.51. The van der Waals surface area contributed by atoms with Crippen LogP contribution in [0.3, 0.4) is 0 Å². The molecule has 0 amide bonds. The SMILES string of the molecule is C#Cc1cnn(CC(=O)[C@H]2CC[C@H]3[C@@H]4CC[C@@H]5C[C@](C)(O)CC[C@]5(C)C4=CC[C@]23C)c1. The van der Waals surface area contributed by atoms with Gasteiger partial charge in [-0.2, -0.15) is 5.10 Å². The van der Waals surface area contributed by atoms with E-state index in [1.165, 1.54) is 12.8 Å². The van der Waals surface area contributed by atoms with Gasteiger partial charge in [0.05, 0.1) is 23.9 Å². The fraction of sp³-hybridized carbons (Fsp3) is 0.704. The first-order valence-corrected chi connectivity index (χ1v) is 12.1. The minimum Gasteiger partial charge on any atom is -0.390 e. The minimum absolute atomic E-state index is 0.0523. The molecule has 0 aromatic carbocycles. The number of fused-ring (bicyclic) bond motifs is 5. The number of rotatable bonds is 3. The smallest absolute Gasteiger partial charge is 0.157 e. The first-order valence-electron chi connectivity index (χ1n) is 12.1. The molecule has 3 fully saturated rings. The van der Waals surface area contributed by atoms with Crippen molar-refractivity contribution in [3.63, 3.8) is 0 Å². The van der Waals surface area contributed by atoms with Crippen LogP contribution in [0, 0.1) is 46.8 Å². The number of hydrogen-bond acceptors (Lipinski definition) is 3. The number of allylic oxidation sites excluding steroid dienone is 2. The van der Waals surface area contributed by atoms with Gasteiger partial charge in [-0.1, -0.05) is 31.4 Å². The van der Waals surface area contributed by atoms with Crippen LogP contribution in [-0.2, 0) is 11.3 Å². The molecule has 1 N–H and O–H groups in total. The van der Waals surface area contributed by atoms with E-state index in [0.29, 0.717) is 30.1 Å². The summed E-state index contributed by atoms with van der Waals surface area (Å²) in [5.74, 6) is 4.80. The summed E-state index contributed by atoms with van der Waals surface area (Å²) in [6.45, 7) is 7.18. The van der Waals surface area contributed by atoms with Crippen LogP contribution in [-0.4, -0.2) is 26.3 Å². The molecule has 4 heteroatoms. The third kappa shape index (κ3) is 3.23. The predicted octanol–water partition coefficient (Wildman–Crippen LogP) is 4.76. The van der Waals surface area contributed by atoms with Gasteiger partial charge in [0.1, 0.15) is 0 Å². The van der Waals surface area contributed by atoms with E-state index in [1.807, 2.05) is 6.92 Å². The summed E-state index contributed by atoms with van der Waals surface area (Å²) in [7, 11) is 0. The van der Waals surface area contributed by atoms with Crippen molar-refractivity contribution in [2.45, 2.75) is 84.3 Å². The Kier molecular flexibility index (Phi) is 4.79. The van der Waals surface area contributed by atoms with Gasteiger partial charge in [0, 0.05) is 12.1 Å². The molecule has 1 heterocycles. The molecule has 4 aliphatic carbocycles. The van der Waals surface area contributed by atoms with Crippen LogP contribution in [0.5, 0.6) is 0 Å². The average molecular weight is 421 g/mol. The van der Waals surface area contributed by atoms with Gasteiger partial charge in [-0.25, -0.2) is 0 Å². The van der Waals surface area contributed by atoms with E-state index in [1.54, 1.807) is 22.6 Å². The second-order valence-corrected chi connectivity index (χ2v) is 11.6. The molecule has 4 aliphatic rings. The molecule has 0 aliphatic heterocycles. The normalized spacial score (nSPS) is 43.9. The molecule has 166 valence electrons. The van der Waals surface area contributed by atoms with Crippen LogP contribution in [0.15, 0.2) is 24.0 Å². The van der Waals surface area contributed by atoms with E-state index in [2.05, 4.69) is 30.9 Å². The molecule has 31 heavy (non-hydrogen) atoms. The monoisotopic (exact) mass is 420 g/mol. The number of aromatic nitrogens is 2. The zero-order valence-electron chi connectivity index (χ0n) is 19.2. The Balaban J connectivity index is 1.38. The first kappa shape index (κ1) is 21.0. The standard InChI is InChI=1S/C27H36N2O2/c1-5-18-15-28-29(16-18)17-24(30)23-9-8-21-20-7-6-19-14-25(2,31)12-13-26(19,3)22(20)10-11-27(21,23)4/h1,10,15-16,19-21,23,31H,6-9,11-14,17H2,2-4H3/t19-,20+,21+,23-,25-,26+,27+/m1/s1. The minimum atomic E-state index is -0.503. The summed E-state index contributed by atoms with van der Waals surface area (Å²) in [5, 5.41) is 15.0. The number of carbonyl (C=O) groups excluding carboxylic acids is 1. The summed E-state index contributed by atoms with van der Waals surface area (Å²) < 4.78 is 1.71. The fourth-order valence-electron chi connectivity index (χ4n) is 8.03. The highest BCUT2D eigenvalue weighted by atomic mass is 16.3.